The van der Waals surface area contributed by atoms with E-state index in [1.54, 1.807) is 12.3 Å². The van der Waals surface area contributed by atoms with Gasteiger partial charge in [-0.1, -0.05) is 18.2 Å². The summed E-state index contributed by atoms with van der Waals surface area (Å²) in [6.07, 6.45) is 1.76. The van der Waals surface area contributed by atoms with Crippen LogP contribution in [0, 0.1) is 9.64 Å². The second kappa shape index (κ2) is 3.87. The molecule has 1 heterocycles. The molecule has 0 saturated heterocycles. The molecule has 0 spiro atoms. The first-order chi connectivity index (χ1) is 6.38. The topological polar surface area (TPSA) is 12.9 Å². The van der Waals surface area contributed by atoms with Crippen molar-refractivity contribution in [1.29, 1.82) is 0 Å². The maximum absolute atomic E-state index is 4.27. The fourth-order valence-corrected chi connectivity index (χ4v) is 1.80. The first-order valence-electron chi connectivity index (χ1n) is 3.95. The number of aromatic nitrogens is 1. The third kappa shape index (κ3) is 1.88. The summed E-state index contributed by atoms with van der Waals surface area (Å²) >= 11 is 2.31. The maximum atomic E-state index is 4.27. The normalized spacial score (nSPS) is 9.92. The zero-order chi connectivity index (χ0) is 9.10. The van der Waals surface area contributed by atoms with Gasteiger partial charge in [-0.2, -0.15) is 0 Å². The van der Waals surface area contributed by atoms with Gasteiger partial charge in [-0.05, 0) is 46.9 Å². The molecule has 0 atom stereocenters. The Hall–Kier alpha value is -0.900. The molecular weight excluding hydrogens is 273 g/mol. The molecule has 0 saturated carbocycles. The Morgan fingerprint density at radius 2 is 2.08 bits per heavy atom. The van der Waals surface area contributed by atoms with Gasteiger partial charge in [0.05, 0.1) is 5.69 Å². The Balaban J connectivity index is 2.54. The highest BCUT2D eigenvalue weighted by Crippen LogP contribution is 2.21. The zero-order valence-corrected chi connectivity index (χ0v) is 9.02. The Bertz CT molecular complexity index is 398. The summed E-state index contributed by atoms with van der Waals surface area (Å²) in [4.78, 5) is 4.27. The third-order valence-corrected chi connectivity index (χ3v) is 2.69. The van der Waals surface area contributed by atoms with Gasteiger partial charge in [0.2, 0.25) is 0 Å². The predicted octanol–water partition coefficient (Wildman–Crippen LogP) is 3.15. The number of benzene rings is 1. The van der Waals surface area contributed by atoms with Gasteiger partial charge in [-0.25, -0.2) is 0 Å². The molecule has 0 N–H and O–H groups in total. The van der Waals surface area contributed by atoms with Crippen molar-refractivity contribution in [3.8, 4) is 11.3 Å². The molecule has 0 aliphatic rings. The molecule has 1 nitrogen and oxygen atoms in total. The van der Waals surface area contributed by atoms with Crippen LogP contribution >= 0.6 is 22.6 Å². The molecule has 0 aliphatic heterocycles. The van der Waals surface area contributed by atoms with Gasteiger partial charge in [0.25, 0.3) is 0 Å². The number of pyridine rings is 1. The Morgan fingerprint density at radius 3 is 2.77 bits per heavy atom. The van der Waals surface area contributed by atoms with Crippen molar-refractivity contribution in [3.05, 3.63) is 52.2 Å². The summed E-state index contributed by atoms with van der Waals surface area (Å²) in [5.74, 6) is 0. The van der Waals surface area contributed by atoms with Gasteiger partial charge in [0.15, 0.2) is 0 Å². The minimum Gasteiger partial charge on any atom is -0.256 e. The predicted molar refractivity (Wildman–Crippen MR) is 61.2 cm³/mol. The lowest BCUT2D eigenvalue weighted by Gasteiger charge is -2.01. The third-order valence-electron chi connectivity index (χ3n) is 1.75. The molecule has 13 heavy (non-hydrogen) atoms. The van der Waals surface area contributed by atoms with Crippen LogP contribution in [0.5, 0.6) is 0 Å². The average molecular weight is 280 g/mol. The molecule has 63 valence electrons. The maximum Gasteiger partial charge on any atom is 0.0718 e. The van der Waals surface area contributed by atoms with Gasteiger partial charge in [0, 0.05) is 15.3 Å². The molecule has 1 radical (unpaired) electrons. The van der Waals surface area contributed by atoms with E-state index in [4.69, 9.17) is 0 Å². The standard InChI is InChI=1S/C11H7IN/c12-10-6-2-1-5-9(10)11-7-3-4-8-13-11/h1-2,4-8H. The number of hydrogen-bond acceptors (Lipinski definition) is 1. The smallest absolute Gasteiger partial charge is 0.0718 e. The second-order valence-electron chi connectivity index (χ2n) is 2.62. The van der Waals surface area contributed by atoms with Crippen LogP contribution in [0.4, 0.5) is 0 Å². The van der Waals surface area contributed by atoms with Crippen molar-refractivity contribution in [3.63, 3.8) is 0 Å². The zero-order valence-electron chi connectivity index (χ0n) is 6.87. The van der Waals surface area contributed by atoms with Crippen LogP contribution in [0.2, 0.25) is 0 Å². The van der Waals surface area contributed by atoms with Crippen molar-refractivity contribution in [2.45, 2.75) is 0 Å². The lowest BCUT2D eigenvalue weighted by atomic mass is 10.1. The van der Waals surface area contributed by atoms with Crippen LogP contribution in [0.1, 0.15) is 0 Å². The Labute approximate surface area is 91.0 Å². The van der Waals surface area contributed by atoms with Crippen LogP contribution in [0.25, 0.3) is 11.3 Å². The quantitative estimate of drug-likeness (QED) is 0.731. The van der Waals surface area contributed by atoms with Gasteiger partial charge in [-0.15, -0.1) is 0 Å². The molecule has 2 rings (SSSR count). The van der Waals surface area contributed by atoms with E-state index in [1.165, 1.54) is 9.13 Å². The van der Waals surface area contributed by atoms with Crippen molar-refractivity contribution in [2.75, 3.05) is 0 Å². The highest BCUT2D eigenvalue weighted by molar-refractivity contribution is 14.1. The molecule has 0 fully saturated rings. The second-order valence-corrected chi connectivity index (χ2v) is 3.78. The van der Waals surface area contributed by atoms with Gasteiger partial charge in [-0.3, -0.25) is 4.98 Å². The summed E-state index contributed by atoms with van der Waals surface area (Å²) in [5.41, 5.74) is 2.15. The van der Waals surface area contributed by atoms with E-state index >= 15 is 0 Å². The van der Waals surface area contributed by atoms with E-state index in [9.17, 15) is 0 Å². The van der Waals surface area contributed by atoms with Crippen LogP contribution in [0.15, 0.2) is 42.6 Å². The summed E-state index contributed by atoms with van der Waals surface area (Å²) in [5, 5.41) is 0. The lowest BCUT2D eigenvalue weighted by Crippen LogP contribution is -1.84. The fourth-order valence-electron chi connectivity index (χ4n) is 1.14. The molecule has 0 bridgehead atoms. The number of rotatable bonds is 1. The Morgan fingerprint density at radius 1 is 1.23 bits per heavy atom. The SMILES string of the molecule is Ic1ccccc1-c1c[c]ccn1. The highest BCUT2D eigenvalue weighted by Gasteiger charge is 2.00. The monoisotopic (exact) mass is 280 g/mol. The largest absolute Gasteiger partial charge is 0.256 e. The summed E-state index contributed by atoms with van der Waals surface area (Å²) in [6, 6.07) is 14.9. The minimum atomic E-state index is 0.979. The average Bonchev–Trinajstić information content (AvgIpc) is 2.20. The summed E-state index contributed by atoms with van der Waals surface area (Å²) in [6.45, 7) is 0. The molecule has 0 unspecified atom stereocenters. The van der Waals surface area contributed by atoms with E-state index in [1.807, 2.05) is 18.2 Å². The summed E-state index contributed by atoms with van der Waals surface area (Å²) < 4.78 is 1.22. The van der Waals surface area contributed by atoms with Gasteiger partial charge < -0.3 is 0 Å². The first-order valence-corrected chi connectivity index (χ1v) is 5.03. The van der Waals surface area contributed by atoms with Gasteiger partial charge >= 0.3 is 0 Å². The van der Waals surface area contributed by atoms with E-state index in [-0.39, 0.29) is 0 Å². The van der Waals surface area contributed by atoms with Crippen molar-refractivity contribution in [1.82, 2.24) is 4.98 Å². The minimum absolute atomic E-state index is 0.979. The van der Waals surface area contributed by atoms with Crippen LogP contribution in [-0.4, -0.2) is 4.98 Å². The lowest BCUT2D eigenvalue weighted by molar-refractivity contribution is 1.32. The van der Waals surface area contributed by atoms with E-state index in [2.05, 4.69) is 45.8 Å². The van der Waals surface area contributed by atoms with Gasteiger partial charge in [0.1, 0.15) is 0 Å². The van der Waals surface area contributed by atoms with Crippen LogP contribution in [-0.2, 0) is 0 Å². The van der Waals surface area contributed by atoms with E-state index < -0.39 is 0 Å². The Kier molecular flexibility index (Phi) is 2.59. The molecular formula is C11H7IN. The van der Waals surface area contributed by atoms with E-state index in [0.29, 0.717) is 0 Å². The molecule has 0 aliphatic carbocycles. The van der Waals surface area contributed by atoms with Crippen molar-refractivity contribution >= 4 is 22.6 Å². The molecule has 1 aromatic carbocycles. The van der Waals surface area contributed by atoms with Crippen molar-refractivity contribution < 1.29 is 0 Å². The number of nitrogens with zero attached hydrogens (tertiary/aromatic N) is 1. The fraction of sp³-hybridized carbons (Fsp3) is 0. The van der Waals surface area contributed by atoms with E-state index in [0.717, 1.165) is 5.69 Å². The molecule has 1 aromatic heterocycles. The highest BCUT2D eigenvalue weighted by atomic mass is 127. The number of hydrogen-bond donors (Lipinski definition) is 0. The first kappa shape index (κ1) is 8.69. The molecule has 0 amide bonds. The molecule has 2 heteroatoms. The van der Waals surface area contributed by atoms with Crippen molar-refractivity contribution in [2.24, 2.45) is 0 Å². The van der Waals surface area contributed by atoms with Crippen LogP contribution < -0.4 is 0 Å². The van der Waals surface area contributed by atoms with Crippen LogP contribution in [0.3, 0.4) is 0 Å². The summed E-state index contributed by atoms with van der Waals surface area (Å²) in [7, 11) is 0. The molecule has 2 aromatic rings. The number of halogens is 1.